The van der Waals surface area contributed by atoms with Crippen molar-refractivity contribution in [2.24, 2.45) is 0 Å². The number of aliphatic hydroxyl groups excluding tert-OH is 1. The van der Waals surface area contributed by atoms with Crippen LogP contribution in [0.5, 0.6) is 5.75 Å². The lowest BCUT2D eigenvalue weighted by atomic mass is 9.88. The Kier molecular flexibility index (Phi) is 8.86. The summed E-state index contributed by atoms with van der Waals surface area (Å²) in [5, 5.41) is 24.9. The number of carbonyl (C=O) groups is 1. The lowest BCUT2D eigenvalue weighted by molar-refractivity contribution is -0.127. The highest BCUT2D eigenvalue weighted by atomic mass is 32.1. The number of morpholine rings is 1. The largest absolute Gasteiger partial charge is 0.506 e. The highest BCUT2D eigenvalue weighted by molar-refractivity contribution is 7.16. The van der Waals surface area contributed by atoms with E-state index in [4.69, 9.17) is 9.15 Å². The third-order valence-electron chi connectivity index (χ3n) is 9.30. The predicted molar refractivity (Wildman–Crippen MR) is 177 cm³/mol. The van der Waals surface area contributed by atoms with Gasteiger partial charge in [0.05, 0.1) is 35.8 Å². The zero-order valence-electron chi connectivity index (χ0n) is 25.8. The quantitative estimate of drug-likeness (QED) is 0.170. The number of aliphatic hydroxyl groups is 1. The summed E-state index contributed by atoms with van der Waals surface area (Å²) < 4.78 is 26.9. The Morgan fingerprint density at radius 1 is 1.09 bits per heavy atom. The van der Waals surface area contributed by atoms with E-state index < -0.39 is 6.10 Å². The average Bonchev–Trinajstić information content (AvgIpc) is 3.70. The Morgan fingerprint density at radius 2 is 1.91 bits per heavy atom. The molecule has 0 bridgehead atoms. The number of furan rings is 1. The maximum Gasteiger partial charge on any atom is 0.305 e. The number of nitrogens with zero attached hydrogens (tertiary/aromatic N) is 2. The molecule has 2 fully saturated rings. The first-order valence-corrected chi connectivity index (χ1v) is 16.7. The van der Waals surface area contributed by atoms with Crippen molar-refractivity contribution in [3.05, 3.63) is 98.6 Å². The molecule has 7 rings (SSSR count). The number of phenolic OH excluding ortho intramolecular Hbond substituents is 1. The number of aromatic hydroxyl groups is 1. The summed E-state index contributed by atoms with van der Waals surface area (Å²) in [6.45, 7) is 4.58. The van der Waals surface area contributed by atoms with Crippen molar-refractivity contribution < 1.29 is 28.6 Å². The van der Waals surface area contributed by atoms with Crippen LogP contribution in [-0.4, -0.2) is 82.4 Å². The van der Waals surface area contributed by atoms with E-state index in [0.717, 1.165) is 59.4 Å². The van der Waals surface area contributed by atoms with Crippen LogP contribution in [0.4, 0.5) is 4.39 Å². The molecule has 0 aliphatic carbocycles. The standard InChI is InChI=1S/C35H37FN4O6S/c36-26-16-22(5-9-37-19-29(42)27-2-3-28(41)31-32(27)47-34(44)38-31)15-23(17-26)20-39-10-7-35(8-11-39)21-40(12-14-46-35)33(43)25-1-4-30-24(18-25)6-13-45-30/h1-4,6,13,15-18,29,37,41-42H,5,7-12,14,19-21H2,(H,38,44). The number of aromatic nitrogens is 1. The topological polar surface area (TPSA) is 131 Å². The summed E-state index contributed by atoms with van der Waals surface area (Å²) in [7, 11) is 0. The molecule has 0 saturated carbocycles. The lowest BCUT2D eigenvalue weighted by Gasteiger charge is -2.47. The number of rotatable bonds is 9. The fourth-order valence-corrected chi connectivity index (χ4v) is 7.73. The summed E-state index contributed by atoms with van der Waals surface area (Å²) in [6, 6.07) is 15.6. The molecule has 0 radical (unpaired) electrons. The summed E-state index contributed by atoms with van der Waals surface area (Å²) >= 11 is 0.952. The number of amides is 1. The Balaban J connectivity index is 0.905. The summed E-state index contributed by atoms with van der Waals surface area (Å²) in [6.07, 6.45) is 2.91. The maximum atomic E-state index is 14.6. The van der Waals surface area contributed by atoms with Crippen LogP contribution in [0.25, 0.3) is 21.2 Å². The molecule has 2 aliphatic rings. The van der Waals surface area contributed by atoms with Crippen LogP contribution in [0.2, 0.25) is 0 Å². The van der Waals surface area contributed by atoms with Crippen LogP contribution in [-0.2, 0) is 17.7 Å². The van der Waals surface area contributed by atoms with E-state index in [1.165, 1.54) is 6.07 Å². The van der Waals surface area contributed by atoms with E-state index in [2.05, 4.69) is 15.2 Å². The van der Waals surface area contributed by atoms with Gasteiger partial charge in [0.2, 0.25) is 0 Å². The average molecular weight is 661 g/mol. The molecule has 2 saturated heterocycles. The van der Waals surface area contributed by atoms with Crippen molar-refractivity contribution in [3.8, 4) is 5.75 Å². The second kappa shape index (κ2) is 13.2. The Morgan fingerprint density at radius 3 is 2.77 bits per heavy atom. The molecule has 3 aromatic carbocycles. The number of nitrogens with one attached hydrogen (secondary N) is 2. The van der Waals surface area contributed by atoms with E-state index in [1.54, 1.807) is 24.5 Å². The van der Waals surface area contributed by atoms with E-state index >= 15 is 0 Å². The van der Waals surface area contributed by atoms with Crippen molar-refractivity contribution in [3.63, 3.8) is 0 Å². The highest BCUT2D eigenvalue weighted by Crippen LogP contribution is 2.33. The zero-order valence-corrected chi connectivity index (χ0v) is 26.7. The van der Waals surface area contributed by atoms with Gasteiger partial charge in [-0.2, -0.15) is 0 Å². The molecule has 47 heavy (non-hydrogen) atoms. The molecule has 1 atom stereocenters. The Bertz CT molecular complexity index is 1960. The molecule has 5 aromatic rings. The van der Waals surface area contributed by atoms with Crippen LogP contribution in [0.3, 0.4) is 0 Å². The molecule has 10 nitrogen and oxygen atoms in total. The van der Waals surface area contributed by atoms with Gasteiger partial charge in [0.1, 0.15) is 22.7 Å². The van der Waals surface area contributed by atoms with Gasteiger partial charge < -0.3 is 34.6 Å². The molecule has 1 unspecified atom stereocenters. The second-order valence-electron chi connectivity index (χ2n) is 12.5. The van der Waals surface area contributed by atoms with Gasteiger partial charge in [0.25, 0.3) is 5.91 Å². The van der Waals surface area contributed by atoms with Gasteiger partial charge in [0, 0.05) is 49.2 Å². The number of hydrogen-bond donors (Lipinski definition) is 4. The number of piperidine rings is 1. The van der Waals surface area contributed by atoms with Gasteiger partial charge in [-0.05, 0) is 79.4 Å². The molecule has 4 heterocycles. The number of carbonyl (C=O) groups excluding carboxylic acids is 1. The molecule has 246 valence electrons. The minimum absolute atomic E-state index is 0.00569. The van der Waals surface area contributed by atoms with E-state index in [1.807, 2.05) is 35.2 Å². The number of halogens is 1. The third-order valence-corrected chi connectivity index (χ3v) is 10.2. The Hall–Kier alpha value is -4.07. The van der Waals surface area contributed by atoms with Crippen LogP contribution < -0.4 is 10.2 Å². The lowest BCUT2D eigenvalue weighted by Crippen LogP contribution is -2.57. The monoisotopic (exact) mass is 660 g/mol. The third kappa shape index (κ3) is 6.83. The molecule has 2 aliphatic heterocycles. The number of benzene rings is 3. The first-order valence-electron chi connectivity index (χ1n) is 15.9. The zero-order chi connectivity index (χ0) is 32.5. The maximum absolute atomic E-state index is 14.6. The van der Waals surface area contributed by atoms with Gasteiger partial charge in [-0.25, -0.2) is 4.39 Å². The molecular weight excluding hydrogens is 623 g/mol. The number of ether oxygens (including phenoxy) is 1. The van der Waals surface area contributed by atoms with Crippen LogP contribution in [0.15, 0.2) is 70.1 Å². The van der Waals surface area contributed by atoms with Gasteiger partial charge in [-0.1, -0.05) is 23.5 Å². The minimum Gasteiger partial charge on any atom is -0.506 e. The second-order valence-corrected chi connectivity index (χ2v) is 13.5. The normalized spacial score (nSPS) is 17.5. The fourth-order valence-electron chi connectivity index (χ4n) is 6.82. The van der Waals surface area contributed by atoms with Crippen molar-refractivity contribution in [2.45, 2.75) is 37.5 Å². The molecule has 1 spiro atoms. The fraction of sp³-hybridized carbons (Fsp3) is 0.371. The van der Waals surface area contributed by atoms with E-state index in [0.29, 0.717) is 60.6 Å². The summed E-state index contributed by atoms with van der Waals surface area (Å²) in [5.74, 6) is -0.307. The molecule has 4 N–H and O–H groups in total. The van der Waals surface area contributed by atoms with Crippen LogP contribution in [0, 0.1) is 5.82 Å². The summed E-state index contributed by atoms with van der Waals surface area (Å²) in [4.78, 5) is 31.7. The van der Waals surface area contributed by atoms with Crippen molar-refractivity contribution >= 4 is 38.4 Å². The van der Waals surface area contributed by atoms with Gasteiger partial charge in [-0.15, -0.1) is 0 Å². The van der Waals surface area contributed by atoms with Gasteiger partial charge >= 0.3 is 4.87 Å². The molecule has 2 aromatic heterocycles. The summed E-state index contributed by atoms with van der Waals surface area (Å²) in [5.41, 5.74) is 3.70. The molecule has 1 amide bonds. The SMILES string of the molecule is O=C(c1ccc2occc2c1)N1CCOC2(CCN(Cc3cc(F)cc(CCNCC(O)c4ccc(O)c5[nH]c(=O)sc45)c3)CC2)C1. The first-order chi connectivity index (χ1) is 22.7. The predicted octanol–water partition coefficient (Wildman–Crippen LogP) is 4.55. The number of hydrogen-bond acceptors (Lipinski definition) is 9. The number of H-pyrrole nitrogens is 1. The number of phenols is 1. The molecule has 12 heteroatoms. The highest BCUT2D eigenvalue weighted by Gasteiger charge is 2.41. The van der Waals surface area contributed by atoms with Crippen molar-refractivity contribution in [1.29, 1.82) is 0 Å². The van der Waals surface area contributed by atoms with Gasteiger partial charge in [-0.3, -0.25) is 14.5 Å². The van der Waals surface area contributed by atoms with Crippen molar-refractivity contribution in [1.82, 2.24) is 20.1 Å². The van der Waals surface area contributed by atoms with E-state index in [9.17, 15) is 24.2 Å². The number of aromatic amines is 1. The minimum atomic E-state index is -0.875. The van der Waals surface area contributed by atoms with Crippen LogP contribution >= 0.6 is 11.3 Å². The smallest absolute Gasteiger partial charge is 0.305 e. The van der Waals surface area contributed by atoms with Gasteiger partial charge in [0.15, 0.2) is 0 Å². The first kappa shape index (κ1) is 31.5. The van der Waals surface area contributed by atoms with E-state index in [-0.39, 0.29) is 34.5 Å². The van der Waals surface area contributed by atoms with Crippen molar-refractivity contribution in [2.75, 3.05) is 45.9 Å². The number of thiazole rings is 1. The molecular formula is C35H37FN4O6S. The Labute approximate surface area is 274 Å². The number of likely N-dealkylation sites (tertiary alicyclic amines) is 1. The van der Waals surface area contributed by atoms with Crippen LogP contribution in [0.1, 0.15) is 46.0 Å². The number of fused-ring (bicyclic) bond motifs is 2.